The number of hydrogen-bond donors (Lipinski definition) is 7. The molecule has 4 atom stereocenters. The van der Waals surface area contributed by atoms with Crippen LogP contribution in [0.5, 0.6) is 0 Å². The lowest BCUT2D eigenvalue weighted by molar-refractivity contribution is -0.142. The summed E-state index contributed by atoms with van der Waals surface area (Å²) in [6.45, 7) is 3.47. The van der Waals surface area contributed by atoms with Gasteiger partial charge >= 0.3 is 5.97 Å². The summed E-state index contributed by atoms with van der Waals surface area (Å²) in [6, 6.07) is -4.26. The number of amides is 3. The van der Waals surface area contributed by atoms with E-state index in [2.05, 4.69) is 16.0 Å². The Balaban J connectivity index is 5.12. The van der Waals surface area contributed by atoms with Gasteiger partial charge in [-0.15, -0.1) is 0 Å². The molecular formula is C20H39N5O6S. The Labute approximate surface area is 193 Å². The number of nitrogens with one attached hydrogen (secondary N) is 3. The van der Waals surface area contributed by atoms with Gasteiger partial charge in [-0.25, -0.2) is 4.79 Å². The molecule has 9 N–H and O–H groups in total. The fourth-order valence-electron chi connectivity index (χ4n) is 2.85. The first-order chi connectivity index (χ1) is 15.1. The number of carbonyl (C=O) groups excluding carboxylic acids is 3. The topological polar surface area (TPSA) is 197 Å². The average Bonchev–Trinajstić information content (AvgIpc) is 2.73. The molecule has 0 aromatic heterocycles. The first-order valence-corrected chi connectivity index (χ1v) is 12.2. The van der Waals surface area contributed by atoms with E-state index in [0.717, 1.165) is 0 Å². The van der Waals surface area contributed by atoms with Gasteiger partial charge in [0.15, 0.2) is 0 Å². The minimum absolute atomic E-state index is 0.0404. The third kappa shape index (κ3) is 12.2. The summed E-state index contributed by atoms with van der Waals surface area (Å²) in [7, 11) is 0. The first kappa shape index (κ1) is 30.1. The molecule has 0 radical (unpaired) electrons. The Morgan fingerprint density at radius 1 is 0.906 bits per heavy atom. The molecule has 0 aromatic carbocycles. The Bertz CT molecular complexity index is 607. The molecule has 0 bridgehead atoms. The van der Waals surface area contributed by atoms with Gasteiger partial charge in [-0.1, -0.05) is 20.3 Å². The van der Waals surface area contributed by atoms with Crippen LogP contribution in [0.25, 0.3) is 0 Å². The van der Waals surface area contributed by atoms with Crippen molar-refractivity contribution in [3.8, 4) is 0 Å². The fourth-order valence-corrected chi connectivity index (χ4v) is 3.33. The summed E-state index contributed by atoms with van der Waals surface area (Å²) in [5, 5.41) is 26.3. The monoisotopic (exact) mass is 477 g/mol. The SMILES string of the molecule is CSCCC(NC(=O)C(CO)NC(=O)C(N)CCCCN)C(=O)NC(CC(C)C)C(=O)O. The maximum Gasteiger partial charge on any atom is 0.326 e. The zero-order valence-corrected chi connectivity index (χ0v) is 20.0. The summed E-state index contributed by atoms with van der Waals surface area (Å²) >= 11 is 1.46. The Morgan fingerprint density at radius 3 is 1.97 bits per heavy atom. The fraction of sp³-hybridized carbons (Fsp3) is 0.800. The van der Waals surface area contributed by atoms with Crippen molar-refractivity contribution in [3.63, 3.8) is 0 Å². The van der Waals surface area contributed by atoms with Gasteiger partial charge in [-0.05, 0) is 50.2 Å². The Kier molecular flexibility index (Phi) is 15.7. The molecule has 4 unspecified atom stereocenters. The molecular weight excluding hydrogens is 438 g/mol. The van der Waals surface area contributed by atoms with Crippen LogP contribution in [0.1, 0.15) is 46.0 Å². The van der Waals surface area contributed by atoms with Crippen molar-refractivity contribution in [2.75, 3.05) is 25.2 Å². The van der Waals surface area contributed by atoms with E-state index in [4.69, 9.17) is 11.5 Å². The van der Waals surface area contributed by atoms with Crippen molar-refractivity contribution in [1.29, 1.82) is 0 Å². The van der Waals surface area contributed by atoms with E-state index in [9.17, 15) is 29.4 Å². The number of aliphatic hydroxyl groups is 1. The Morgan fingerprint density at radius 2 is 1.47 bits per heavy atom. The molecule has 12 heteroatoms. The van der Waals surface area contributed by atoms with Crippen molar-refractivity contribution in [1.82, 2.24) is 16.0 Å². The molecule has 3 amide bonds. The molecule has 32 heavy (non-hydrogen) atoms. The van der Waals surface area contributed by atoms with Crippen LogP contribution < -0.4 is 27.4 Å². The van der Waals surface area contributed by atoms with E-state index in [1.54, 1.807) is 0 Å². The van der Waals surface area contributed by atoms with Crippen LogP contribution in [0.15, 0.2) is 0 Å². The maximum absolute atomic E-state index is 12.7. The standard InChI is InChI=1S/C20H39N5O6S/c1-12(2)10-15(20(30)31)24-18(28)14(7-9-32-3)23-19(29)16(11-26)25-17(27)13(22)6-4-5-8-21/h12-16,26H,4-11,21-22H2,1-3H3,(H,23,29)(H,24,28)(H,25,27)(H,30,31). The van der Waals surface area contributed by atoms with Gasteiger partial charge in [0, 0.05) is 0 Å². The van der Waals surface area contributed by atoms with Crippen molar-refractivity contribution in [3.05, 3.63) is 0 Å². The number of carboxylic acids is 1. The number of rotatable bonds is 17. The molecule has 186 valence electrons. The summed E-state index contributed by atoms with van der Waals surface area (Å²) in [5.41, 5.74) is 11.2. The van der Waals surface area contributed by atoms with Gasteiger partial charge in [0.25, 0.3) is 0 Å². The van der Waals surface area contributed by atoms with E-state index in [1.165, 1.54) is 11.8 Å². The first-order valence-electron chi connectivity index (χ1n) is 10.8. The number of aliphatic hydroxyl groups excluding tert-OH is 1. The number of aliphatic carboxylic acids is 1. The van der Waals surface area contributed by atoms with Crippen LogP contribution in [-0.2, 0) is 19.2 Å². The van der Waals surface area contributed by atoms with E-state index in [-0.39, 0.29) is 18.8 Å². The number of carboxylic acid groups (broad SMARTS) is 1. The van der Waals surface area contributed by atoms with Gasteiger partial charge in [0.05, 0.1) is 12.6 Å². The van der Waals surface area contributed by atoms with Crippen LogP contribution in [0.4, 0.5) is 0 Å². The molecule has 0 spiro atoms. The van der Waals surface area contributed by atoms with Gasteiger partial charge in [0.1, 0.15) is 18.1 Å². The molecule has 0 saturated carbocycles. The smallest absolute Gasteiger partial charge is 0.326 e. The normalized spacial score (nSPS) is 14.8. The van der Waals surface area contributed by atoms with E-state index in [0.29, 0.717) is 31.6 Å². The second kappa shape index (κ2) is 16.7. The molecule has 0 heterocycles. The van der Waals surface area contributed by atoms with Crippen LogP contribution >= 0.6 is 11.8 Å². The average molecular weight is 478 g/mol. The third-order valence-electron chi connectivity index (χ3n) is 4.69. The van der Waals surface area contributed by atoms with Crippen molar-refractivity contribution >= 4 is 35.5 Å². The largest absolute Gasteiger partial charge is 0.480 e. The second-order valence-electron chi connectivity index (χ2n) is 8.01. The predicted molar refractivity (Wildman–Crippen MR) is 124 cm³/mol. The minimum atomic E-state index is -1.29. The number of hydrogen-bond acceptors (Lipinski definition) is 8. The molecule has 0 saturated heterocycles. The summed E-state index contributed by atoms with van der Waals surface area (Å²) in [6.07, 6.45) is 4.07. The lowest BCUT2D eigenvalue weighted by Gasteiger charge is -2.24. The zero-order chi connectivity index (χ0) is 24.7. The third-order valence-corrected chi connectivity index (χ3v) is 5.33. The molecule has 0 rings (SSSR count). The zero-order valence-electron chi connectivity index (χ0n) is 19.1. The molecule has 0 aromatic rings. The number of carbonyl (C=O) groups is 4. The van der Waals surface area contributed by atoms with Crippen LogP contribution in [0.3, 0.4) is 0 Å². The van der Waals surface area contributed by atoms with E-state index in [1.807, 2.05) is 20.1 Å². The summed E-state index contributed by atoms with van der Waals surface area (Å²) in [4.78, 5) is 49.0. The van der Waals surface area contributed by atoms with E-state index < -0.39 is 54.5 Å². The lowest BCUT2D eigenvalue weighted by Crippen LogP contribution is -2.58. The highest BCUT2D eigenvalue weighted by Crippen LogP contribution is 2.07. The maximum atomic E-state index is 12.7. The van der Waals surface area contributed by atoms with Gasteiger partial charge in [-0.3, -0.25) is 14.4 Å². The van der Waals surface area contributed by atoms with Crippen LogP contribution in [0, 0.1) is 5.92 Å². The summed E-state index contributed by atoms with van der Waals surface area (Å²) < 4.78 is 0. The van der Waals surface area contributed by atoms with Crippen LogP contribution in [-0.4, -0.2) is 83.2 Å². The van der Waals surface area contributed by atoms with Gasteiger partial charge < -0.3 is 37.6 Å². The highest BCUT2D eigenvalue weighted by molar-refractivity contribution is 7.98. The highest BCUT2D eigenvalue weighted by atomic mass is 32.2. The minimum Gasteiger partial charge on any atom is -0.480 e. The molecule has 0 aliphatic heterocycles. The summed E-state index contributed by atoms with van der Waals surface area (Å²) in [5.74, 6) is -2.58. The quantitative estimate of drug-likeness (QED) is 0.125. The van der Waals surface area contributed by atoms with E-state index >= 15 is 0 Å². The van der Waals surface area contributed by atoms with Crippen molar-refractivity contribution < 1.29 is 29.4 Å². The highest BCUT2D eigenvalue weighted by Gasteiger charge is 2.30. The molecule has 0 aliphatic carbocycles. The van der Waals surface area contributed by atoms with Crippen molar-refractivity contribution in [2.24, 2.45) is 17.4 Å². The number of nitrogens with two attached hydrogens (primary N) is 2. The van der Waals surface area contributed by atoms with Gasteiger partial charge in [-0.2, -0.15) is 11.8 Å². The Hall–Kier alpha value is -1.89. The number of thioether (sulfide) groups is 1. The molecule has 0 aliphatic rings. The number of unbranched alkanes of at least 4 members (excludes halogenated alkanes) is 1. The molecule has 11 nitrogen and oxygen atoms in total. The second-order valence-corrected chi connectivity index (χ2v) is 8.99. The molecule has 0 fully saturated rings. The van der Waals surface area contributed by atoms with Crippen LogP contribution in [0.2, 0.25) is 0 Å². The predicted octanol–water partition coefficient (Wildman–Crippen LogP) is -1.23. The van der Waals surface area contributed by atoms with Crippen molar-refractivity contribution in [2.45, 2.75) is 70.1 Å². The van der Waals surface area contributed by atoms with Gasteiger partial charge in [0.2, 0.25) is 17.7 Å². The lowest BCUT2D eigenvalue weighted by atomic mass is 10.0.